The van der Waals surface area contributed by atoms with Crippen LogP contribution < -0.4 is 9.50 Å². The van der Waals surface area contributed by atoms with Crippen LogP contribution in [0, 0.1) is 11.6 Å². The second-order valence-electron chi connectivity index (χ2n) is 4.52. The molecule has 0 radical (unpaired) electrons. The lowest BCUT2D eigenvalue weighted by atomic mass is 10.3. The van der Waals surface area contributed by atoms with Crippen molar-refractivity contribution in [3.8, 4) is 5.75 Å². The van der Waals surface area contributed by atoms with Crippen molar-refractivity contribution >= 4 is 33.2 Å². The first kappa shape index (κ1) is 17.3. The average molecular weight is 362 g/mol. The maximum absolute atomic E-state index is 13.5. The number of benzene rings is 1. The van der Waals surface area contributed by atoms with Crippen LogP contribution in [0.15, 0.2) is 29.6 Å². The quantitative estimate of drug-likeness (QED) is 0.887. The molecule has 1 heterocycles. The molecule has 1 amide bonds. The fourth-order valence-electron chi connectivity index (χ4n) is 1.49. The van der Waals surface area contributed by atoms with E-state index in [0.717, 1.165) is 27.8 Å². The third kappa shape index (κ3) is 4.03. The van der Waals surface area contributed by atoms with Crippen molar-refractivity contribution < 1.29 is 26.2 Å². The third-order valence-electron chi connectivity index (χ3n) is 2.66. The van der Waals surface area contributed by atoms with Crippen molar-refractivity contribution in [3.63, 3.8) is 0 Å². The Morgan fingerprint density at radius 2 is 1.96 bits per heavy atom. The first-order valence-electron chi connectivity index (χ1n) is 6.16. The minimum Gasteiger partial charge on any atom is -0.369 e. The molecule has 1 aromatic carbocycles. The minimum absolute atomic E-state index is 0.0563. The molecule has 0 saturated carbocycles. The molecular weight excluding hydrogens is 350 g/mol. The predicted octanol–water partition coefficient (Wildman–Crippen LogP) is 2.46. The summed E-state index contributed by atoms with van der Waals surface area (Å²) in [4.78, 5) is 12.1. The number of carbonyl (C=O) groups excluding carboxylic acids is 1. The first-order valence-corrected chi connectivity index (χ1v) is 8.41. The van der Waals surface area contributed by atoms with E-state index in [2.05, 4.69) is 5.32 Å². The summed E-state index contributed by atoms with van der Waals surface area (Å²) in [7, 11) is -1.48. The SMILES string of the molecule is CN(C)S(=O)(=O)Oc1ccsc1C(=O)Nc1ccc(F)cc1F. The van der Waals surface area contributed by atoms with E-state index in [-0.39, 0.29) is 16.3 Å². The summed E-state index contributed by atoms with van der Waals surface area (Å²) in [5.74, 6) is -2.67. The molecule has 0 aliphatic heterocycles. The fraction of sp³-hybridized carbons (Fsp3) is 0.154. The zero-order valence-corrected chi connectivity index (χ0v) is 13.7. The van der Waals surface area contributed by atoms with Crippen LogP contribution in [0.3, 0.4) is 0 Å². The number of nitrogens with one attached hydrogen (secondary N) is 1. The van der Waals surface area contributed by atoms with Gasteiger partial charge in [-0.25, -0.2) is 8.78 Å². The summed E-state index contributed by atoms with van der Waals surface area (Å²) < 4.78 is 55.5. The Bertz CT molecular complexity index is 834. The number of carbonyl (C=O) groups is 1. The zero-order valence-electron chi connectivity index (χ0n) is 12.0. The molecule has 0 aliphatic carbocycles. The highest BCUT2D eigenvalue weighted by molar-refractivity contribution is 7.84. The number of anilines is 1. The van der Waals surface area contributed by atoms with Gasteiger partial charge in [0.05, 0.1) is 5.69 Å². The van der Waals surface area contributed by atoms with Gasteiger partial charge in [-0.2, -0.15) is 12.7 Å². The maximum atomic E-state index is 13.5. The standard InChI is InChI=1S/C13H12F2N2O4S2/c1-17(2)23(19,20)21-11-5-6-22-12(11)13(18)16-10-4-3-8(14)7-9(10)15/h3-7H,1-2H3,(H,16,18). The van der Waals surface area contributed by atoms with Crippen LogP contribution in [-0.4, -0.2) is 32.7 Å². The van der Waals surface area contributed by atoms with Crippen LogP contribution in [0.1, 0.15) is 9.67 Å². The molecule has 10 heteroatoms. The summed E-state index contributed by atoms with van der Waals surface area (Å²) in [5.41, 5.74) is -0.230. The van der Waals surface area contributed by atoms with Gasteiger partial charge in [0.1, 0.15) is 16.5 Å². The highest BCUT2D eigenvalue weighted by Gasteiger charge is 2.22. The Morgan fingerprint density at radius 1 is 1.26 bits per heavy atom. The number of amides is 1. The molecule has 1 N–H and O–H groups in total. The van der Waals surface area contributed by atoms with Gasteiger partial charge in [-0.05, 0) is 23.6 Å². The maximum Gasteiger partial charge on any atom is 0.384 e. The van der Waals surface area contributed by atoms with Crippen molar-refractivity contribution in [2.75, 3.05) is 19.4 Å². The Kier molecular flexibility index (Phi) is 4.97. The van der Waals surface area contributed by atoms with Crippen LogP contribution in [-0.2, 0) is 10.3 Å². The second-order valence-corrected chi connectivity index (χ2v) is 7.18. The molecule has 6 nitrogen and oxygen atoms in total. The monoisotopic (exact) mass is 362 g/mol. The average Bonchev–Trinajstić information content (AvgIpc) is 2.89. The van der Waals surface area contributed by atoms with Gasteiger partial charge in [-0.15, -0.1) is 11.3 Å². The summed E-state index contributed by atoms with van der Waals surface area (Å²) in [6.07, 6.45) is 0. The van der Waals surface area contributed by atoms with Gasteiger partial charge in [0, 0.05) is 20.2 Å². The van der Waals surface area contributed by atoms with Gasteiger partial charge >= 0.3 is 10.3 Å². The summed E-state index contributed by atoms with van der Waals surface area (Å²) in [6.45, 7) is 0. The topological polar surface area (TPSA) is 75.7 Å². The molecular formula is C13H12F2N2O4S2. The van der Waals surface area contributed by atoms with Crippen molar-refractivity contribution in [1.82, 2.24) is 4.31 Å². The zero-order chi connectivity index (χ0) is 17.2. The van der Waals surface area contributed by atoms with Gasteiger partial charge < -0.3 is 9.50 Å². The van der Waals surface area contributed by atoms with Crippen molar-refractivity contribution in [2.24, 2.45) is 0 Å². The number of halogens is 2. The van der Waals surface area contributed by atoms with Crippen LogP contribution in [0.5, 0.6) is 5.75 Å². The highest BCUT2D eigenvalue weighted by atomic mass is 32.2. The normalized spacial score (nSPS) is 11.5. The van der Waals surface area contributed by atoms with E-state index in [0.29, 0.717) is 6.07 Å². The third-order valence-corrected chi connectivity index (χ3v) is 4.84. The van der Waals surface area contributed by atoms with E-state index in [1.54, 1.807) is 0 Å². The number of nitrogens with zero attached hydrogens (tertiary/aromatic N) is 1. The lowest BCUT2D eigenvalue weighted by Gasteiger charge is -2.12. The van der Waals surface area contributed by atoms with E-state index < -0.39 is 27.8 Å². The van der Waals surface area contributed by atoms with Crippen molar-refractivity contribution in [3.05, 3.63) is 46.2 Å². The fourth-order valence-corrected chi connectivity index (χ4v) is 2.77. The molecule has 0 unspecified atom stereocenters. The van der Waals surface area contributed by atoms with Crippen molar-refractivity contribution in [2.45, 2.75) is 0 Å². The van der Waals surface area contributed by atoms with Crippen LogP contribution in [0.2, 0.25) is 0 Å². The Hall–Kier alpha value is -2.04. The molecule has 1 aromatic heterocycles. The van der Waals surface area contributed by atoms with E-state index in [9.17, 15) is 22.0 Å². The van der Waals surface area contributed by atoms with Gasteiger partial charge in [0.2, 0.25) is 0 Å². The van der Waals surface area contributed by atoms with E-state index >= 15 is 0 Å². The molecule has 2 aromatic rings. The summed E-state index contributed by atoms with van der Waals surface area (Å²) in [6, 6.07) is 3.98. The van der Waals surface area contributed by atoms with Gasteiger partial charge in [-0.1, -0.05) is 0 Å². The van der Waals surface area contributed by atoms with E-state index in [1.807, 2.05) is 0 Å². The molecule has 0 fully saturated rings. The second kappa shape index (κ2) is 6.60. The van der Waals surface area contributed by atoms with Crippen molar-refractivity contribution in [1.29, 1.82) is 0 Å². The number of thiophene rings is 1. The lowest BCUT2D eigenvalue weighted by Crippen LogP contribution is -2.27. The highest BCUT2D eigenvalue weighted by Crippen LogP contribution is 2.28. The van der Waals surface area contributed by atoms with Gasteiger partial charge in [-0.3, -0.25) is 4.79 Å². The Balaban J connectivity index is 2.23. The number of hydrogen-bond donors (Lipinski definition) is 1. The Labute approximate surface area is 135 Å². The minimum atomic E-state index is -4.03. The molecule has 2 rings (SSSR count). The first-order chi connectivity index (χ1) is 10.7. The number of rotatable bonds is 5. The largest absolute Gasteiger partial charge is 0.384 e. The van der Waals surface area contributed by atoms with E-state index in [1.165, 1.54) is 25.5 Å². The molecule has 23 heavy (non-hydrogen) atoms. The van der Waals surface area contributed by atoms with Crippen LogP contribution >= 0.6 is 11.3 Å². The van der Waals surface area contributed by atoms with Crippen LogP contribution in [0.4, 0.5) is 14.5 Å². The lowest BCUT2D eigenvalue weighted by molar-refractivity contribution is 0.102. The van der Waals surface area contributed by atoms with Crippen LogP contribution in [0.25, 0.3) is 0 Å². The molecule has 0 bridgehead atoms. The smallest absolute Gasteiger partial charge is 0.369 e. The van der Waals surface area contributed by atoms with Gasteiger partial charge in [0.25, 0.3) is 5.91 Å². The molecule has 0 saturated heterocycles. The molecule has 0 spiro atoms. The summed E-state index contributed by atoms with van der Waals surface area (Å²) in [5, 5.41) is 3.69. The van der Waals surface area contributed by atoms with E-state index in [4.69, 9.17) is 4.18 Å². The molecule has 0 aliphatic rings. The molecule has 124 valence electrons. The predicted molar refractivity (Wildman–Crippen MR) is 81.9 cm³/mol. The van der Waals surface area contributed by atoms with Gasteiger partial charge in [0.15, 0.2) is 5.75 Å². The molecule has 0 atom stereocenters. The number of hydrogen-bond acceptors (Lipinski definition) is 5. The summed E-state index contributed by atoms with van der Waals surface area (Å²) >= 11 is 0.922. The Morgan fingerprint density at radius 3 is 2.57 bits per heavy atom.